The van der Waals surface area contributed by atoms with Crippen LogP contribution in [0.5, 0.6) is 0 Å². The van der Waals surface area contributed by atoms with Gasteiger partial charge in [-0.05, 0) is 71.3 Å². The van der Waals surface area contributed by atoms with Crippen molar-refractivity contribution in [1.82, 2.24) is 0 Å². The quantitative estimate of drug-likeness (QED) is 0.149. The van der Waals surface area contributed by atoms with E-state index >= 15 is 0 Å². The first-order valence-electron chi connectivity index (χ1n) is 12.0. The Balaban J connectivity index is 0.00000337. The standard InChI is InChI=1S/C30H21N3O9.3Na/c34-25(31-22-7-1-16(2-8-22)28(37)38)19-13-20(26(35)32-23-9-3-17(4-10-23)29(39)40)15-21(14-19)27(36)33-24-11-5-18(6-12-24)30(41)42;;;/h1-15H,(H,31,34)(H,32,35)(H,33,36)(H,37,38)(H,39,40)(H,41,42);;;/q;3*+1/p-3. The number of benzene rings is 4. The molecule has 0 spiro atoms. The molecule has 0 saturated carbocycles. The number of hydrogen-bond acceptors (Lipinski definition) is 9. The van der Waals surface area contributed by atoms with E-state index in [2.05, 4.69) is 16.0 Å². The molecule has 3 N–H and O–H groups in total. The molecule has 4 rings (SSSR count). The van der Waals surface area contributed by atoms with Crippen molar-refractivity contribution < 1.29 is 133 Å². The second kappa shape index (κ2) is 18.0. The van der Waals surface area contributed by atoms with Crippen LogP contribution in [0.4, 0.5) is 17.1 Å². The van der Waals surface area contributed by atoms with Crippen molar-refractivity contribution in [3.05, 3.63) is 124 Å². The molecule has 0 unspecified atom stereocenters. The second-order valence-electron chi connectivity index (χ2n) is 8.76. The molecule has 45 heavy (non-hydrogen) atoms. The van der Waals surface area contributed by atoms with Gasteiger partial charge < -0.3 is 45.7 Å². The maximum atomic E-state index is 13.1. The van der Waals surface area contributed by atoms with Crippen LogP contribution >= 0.6 is 0 Å². The Labute approximate surface area is 322 Å². The van der Waals surface area contributed by atoms with Crippen molar-refractivity contribution in [3.63, 3.8) is 0 Å². The molecular formula is C30H18N3Na3O9. The van der Waals surface area contributed by atoms with Crippen LogP contribution in [0.1, 0.15) is 62.1 Å². The summed E-state index contributed by atoms with van der Waals surface area (Å²) < 4.78 is 0. The summed E-state index contributed by atoms with van der Waals surface area (Å²) >= 11 is 0. The topological polar surface area (TPSA) is 208 Å². The summed E-state index contributed by atoms with van der Waals surface area (Å²) in [5, 5.41) is 40.6. The van der Waals surface area contributed by atoms with Crippen LogP contribution in [0.25, 0.3) is 0 Å². The Morgan fingerprint density at radius 3 is 0.733 bits per heavy atom. The summed E-state index contributed by atoms with van der Waals surface area (Å²) in [6.07, 6.45) is 0. The molecule has 210 valence electrons. The van der Waals surface area contributed by atoms with Gasteiger partial charge in [-0.15, -0.1) is 0 Å². The van der Waals surface area contributed by atoms with Crippen molar-refractivity contribution in [1.29, 1.82) is 0 Å². The van der Waals surface area contributed by atoms with Gasteiger partial charge in [0.25, 0.3) is 17.7 Å². The van der Waals surface area contributed by atoms with E-state index in [4.69, 9.17) is 0 Å². The van der Waals surface area contributed by atoms with Gasteiger partial charge in [0.1, 0.15) is 0 Å². The van der Waals surface area contributed by atoms with E-state index in [-0.39, 0.29) is 139 Å². The Morgan fingerprint density at radius 1 is 0.356 bits per heavy atom. The van der Waals surface area contributed by atoms with E-state index in [9.17, 15) is 44.1 Å². The third-order valence-electron chi connectivity index (χ3n) is 5.85. The maximum absolute atomic E-state index is 13.1. The van der Waals surface area contributed by atoms with E-state index in [0.29, 0.717) is 0 Å². The second-order valence-corrected chi connectivity index (χ2v) is 8.76. The maximum Gasteiger partial charge on any atom is 1.00 e. The average molecular weight is 633 g/mol. The van der Waals surface area contributed by atoms with Crippen LogP contribution in [-0.2, 0) is 0 Å². The van der Waals surface area contributed by atoms with Gasteiger partial charge in [0, 0.05) is 33.8 Å². The van der Waals surface area contributed by atoms with Gasteiger partial charge in [0.05, 0.1) is 17.9 Å². The van der Waals surface area contributed by atoms with E-state index in [0.717, 1.165) is 0 Å². The van der Waals surface area contributed by atoms with Crippen LogP contribution in [-0.4, -0.2) is 35.6 Å². The van der Waals surface area contributed by atoms with Crippen molar-refractivity contribution >= 4 is 52.7 Å². The molecule has 0 fully saturated rings. The number of carboxylic acids is 3. The Kier molecular flexibility index (Phi) is 15.9. The van der Waals surface area contributed by atoms with Crippen LogP contribution in [0.2, 0.25) is 0 Å². The van der Waals surface area contributed by atoms with Crippen LogP contribution in [0.3, 0.4) is 0 Å². The smallest absolute Gasteiger partial charge is 0.545 e. The fourth-order valence-corrected chi connectivity index (χ4v) is 3.70. The molecule has 0 heterocycles. The van der Waals surface area contributed by atoms with Gasteiger partial charge >= 0.3 is 88.7 Å². The molecule has 12 nitrogen and oxygen atoms in total. The third-order valence-corrected chi connectivity index (χ3v) is 5.85. The van der Waals surface area contributed by atoms with Crippen molar-refractivity contribution in [3.8, 4) is 0 Å². The number of anilines is 3. The Hall–Kier alpha value is -3.30. The minimum Gasteiger partial charge on any atom is -0.545 e. The number of carbonyl (C=O) groups excluding carboxylic acids is 6. The molecule has 0 aromatic heterocycles. The molecule has 0 aliphatic heterocycles. The van der Waals surface area contributed by atoms with Gasteiger partial charge in [-0.25, -0.2) is 0 Å². The zero-order chi connectivity index (χ0) is 30.4. The molecule has 15 heteroatoms. The largest absolute Gasteiger partial charge is 1.00 e. The van der Waals surface area contributed by atoms with Gasteiger partial charge in [0.2, 0.25) is 0 Å². The number of hydrogen-bond donors (Lipinski definition) is 3. The summed E-state index contributed by atoms with van der Waals surface area (Å²) in [7, 11) is 0. The monoisotopic (exact) mass is 633 g/mol. The predicted molar refractivity (Wildman–Crippen MR) is 143 cm³/mol. The van der Waals surface area contributed by atoms with Crippen LogP contribution in [0, 0.1) is 0 Å². The SMILES string of the molecule is O=C([O-])c1ccc(NC(=O)c2cc(C(=O)Nc3ccc(C(=O)[O-])cc3)cc(C(=O)Nc3ccc(C(=O)[O-])cc3)c2)cc1.[Na+].[Na+].[Na+]. The molecule has 0 saturated heterocycles. The van der Waals surface area contributed by atoms with Gasteiger partial charge in [0.15, 0.2) is 0 Å². The molecule has 0 radical (unpaired) electrons. The van der Waals surface area contributed by atoms with Gasteiger partial charge in [-0.1, -0.05) is 36.4 Å². The van der Waals surface area contributed by atoms with Crippen molar-refractivity contribution in [2.45, 2.75) is 0 Å². The van der Waals surface area contributed by atoms with Crippen molar-refractivity contribution in [2.24, 2.45) is 0 Å². The van der Waals surface area contributed by atoms with E-state index in [1.165, 1.54) is 91.0 Å². The van der Waals surface area contributed by atoms with Crippen molar-refractivity contribution in [2.75, 3.05) is 16.0 Å². The predicted octanol–water partition coefficient (Wildman–Crippen LogP) is -8.45. The molecule has 0 bridgehead atoms. The summed E-state index contributed by atoms with van der Waals surface area (Å²) in [5.41, 5.74) is 0.0672. The minimum absolute atomic E-state index is 0. The molecule has 0 aliphatic carbocycles. The molecule has 4 aromatic carbocycles. The third kappa shape index (κ3) is 10.9. The van der Waals surface area contributed by atoms with E-state index in [1.54, 1.807) is 0 Å². The van der Waals surface area contributed by atoms with Crippen LogP contribution < -0.4 is 120 Å². The Morgan fingerprint density at radius 2 is 0.556 bits per heavy atom. The zero-order valence-electron chi connectivity index (χ0n) is 24.3. The summed E-state index contributed by atoms with van der Waals surface area (Å²) in [6.45, 7) is 0. The first kappa shape index (κ1) is 39.7. The molecule has 0 atom stereocenters. The summed E-state index contributed by atoms with van der Waals surface area (Å²) in [4.78, 5) is 72.2. The first-order chi connectivity index (χ1) is 20.0. The molecular weight excluding hydrogens is 615 g/mol. The van der Waals surface area contributed by atoms with Gasteiger partial charge in [-0.2, -0.15) is 0 Å². The summed E-state index contributed by atoms with van der Waals surface area (Å²) in [6, 6.07) is 19.0. The summed E-state index contributed by atoms with van der Waals surface area (Å²) in [5.74, 6) is -6.37. The molecule has 0 aliphatic rings. The number of amides is 3. The molecule has 4 aromatic rings. The Bertz CT molecular complexity index is 1510. The van der Waals surface area contributed by atoms with Gasteiger partial charge in [-0.3, -0.25) is 14.4 Å². The fourth-order valence-electron chi connectivity index (χ4n) is 3.70. The fraction of sp³-hybridized carbons (Fsp3) is 0. The normalized spacial score (nSPS) is 9.60. The number of nitrogens with one attached hydrogen (secondary N) is 3. The van der Waals surface area contributed by atoms with E-state index < -0.39 is 35.6 Å². The number of carboxylic acid groups (broad SMARTS) is 3. The zero-order valence-corrected chi connectivity index (χ0v) is 30.3. The number of carbonyl (C=O) groups is 6. The average Bonchev–Trinajstić information content (AvgIpc) is 2.97. The first-order valence-corrected chi connectivity index (χ1v) is 12.0. The minimum atomic E-state index is -1.40. The number of rotatable bonds is 9. The van der Waals surface area contributed by atoms with E-state index in [1.807, 2.05) is 0 Å². The molecule has 3 amide bonds. The number of aromatic carboxylic acids is 3. The van der Waals surface area contributed by atoms with Crippen LogP contribution in [0.15, 0.2) is 91.0 Å².